The van der Waals surface area contributed by atoms with E-state index < -0.39 is 0 Å². The molecule has 20 heavy (non-hydrogen) atoms. The SMILES string of the molecule is CCNC(CN1CCN(C)CC1C)c1ccccc1C. The lowest BCUT2D eigenvalue weighted by Crippen LogP contribution is -2.52. The van der Waals surface area contributed by atoms with E-state index >= 15 is 0 Å². The van der Waals surface area contributed by atoms with Crippen LogP contribution in [0.3, 0.4) is 0 Å². The smallest absolute Gasteiger partial charge is 0.0451 e. The fourth-order valence-electron chi connectivity index (χ4n) is 3.18. The molecule has 2 unspecified atom stereocenters. The summed E-state index contributed by atoms with van der Waals surface area (Å²) in [5.41, 5.74) is 2.83. The molecule has 0 saturated carbocycles. The highest BCUT2D eigenvalue weighted by atomic mass is 15.3. The van der Waals surface area contributed by atoms with Gasteiger partial charge in [0.25, 0.3) is 0 Å². The molecule has 1 aromatic carbocycles. The quantitative estimate of drug-likeness (QED) is 0.889. The number of benzene rings is 1. The second kappa shape index (κ2) is 7.21. The average molecular weight is 275 g/mol. The van der Waals surface area contributed by atoms with Gasteiger partial charge < -0.3 is 10.2 Å². The topological polar surface area (TPSA) is 18.5 Å². The fraction of sp³-hybridized carbons (Fsp3) is 0.647. The molecule has 0 spiro atoms. The number of hydrogen-bond donors (Lipinski definition) is 1. The average Bonchev–Trinajstić information content (AvgIpc) is 2.42. The van der Waals surface area contributed by atoms with Crippen LogP contribution >= 0.6 is 0 Å². The van der Waals surface area contributed by atoms with E-state index in [4.69, 9.17) is 0 Å². The Balaban J connectivity index is 2.08. The minimum atomic E-state index is 0.437. The van der Waals surface area contributed by atoms with Crippen LogP contribution in [0.15, 0.2) is 24.3 Å². The minimum absolute atomic E-state index is 0.437. The summed E-state index contributed by atoms with van der Waals surface area (Å²) >= 11 is 0. The summed E-state index contributed by atoms with van der Waals surface area (Å²) in [4.78, 5) is 5.05. The number of nitrogens with zero attached hydrogens (tertiary/aromatic N) is 2. The molecular formula is C17H29N3. The molecule has 2 atom stereocenters. The van der Waals surface area contributed by atoms with Gasteiger partial charge in [0, 0.05) is 38.3 Å². The first-order chi connectivity index (χ1) is 9.61. The summed E-state index contributed by atoms with van der Waals surface area (Å²) in [6.07, 6.45) is 0. The molecule has 1 aliphatic rings. The molecule has 3 heteroatoms. The Labute approximate surface area is 124 Å². The number of likely N-dealkylation sites (N-methyl/N-ethyl adjacent to an activating group) is 2. The van der Waals surface area contributed by atoms with Crippen molar-refractivity contribution in [2.24, 2.45) is 0 Å². The molecule has 1 fully saturated rings. The molecule has 3 nitrogen and oxygen atoms in total. The Hall–Kier alpha value is -0.900. The van der Waals surface area contributed by atoms with Gasteiger partial charge in [0.15, 0.2) is 0 Å². The van der Waals surface area contributed by atoms with Crippen LogP contribution in [0.1, 0.15) is 31.0 Å². The van der Waals surface area contributed by atoms with Gasteiger partial charge >= 0.3 is 0 Å². The number of piperazine rings is 1. The van der Waals surface area contributed by atoms with Crippen LogP contribution in [0.4, 0.5) is 0 Å². The number of rotatable bonds is 5. The molecule has 0 radical (unpaired) electrons. The number of nitrogens with one attached hydrogen (secondary N) is 1. The van der Waals surface area contributed by atoms with Crippen molar-refractivity contribution in [2.75, 3.05) is 39.8 Å². The third-order valence-corrected chi connectivity index (χ3v) is 4.40. The molecule has 1 heterocycles. The Kier molecular flexibility index (Phi) is 5.58. The maximum atomic E-state index is 3.66. The predicted octanol–water partition coefficient (Wildman–Crippen LogP) is 2.28. The van der Waals surface area contributed by atoms with Crippen LogP contribution in [0.25, 0.3) is 0 Å². The molecule has 112 valence electrons. The van der Waals surface area contributed by atoms with Crippen LogP contribution in [0.2, 0.25) is 0 Å². The molecular weight excluding hydrogens is 246 g/mol. The van der Waals surface area contributed by atoms with Gasteiger partial charge in [0.05, 0.1) is 0 Å². The van der Waals surface area contributed by atoms with E-state index in [9.17, 15) is 0 Å². The summed E-state index contributed by atoms with van der Waals surface area (Å²) in [6, 6.07) is 9.84. The van der Waals surface area contributed by atoms with Crippen molar-refractivity contribution in [1.82, 2.24) is 15.1 Å². The van der Waals surface area contributed by atoms with Crippen molar-refractivity contribution in [3.8, 4) is 0 Å². The Bertz CT molecular complexity index is 418. The minimum Gasteiger partial charge on any atom is -0.309 e. The second-order valence-electron chi connectivity index (χ2n) is 6.07. The van der Waals surface area contributed by atoms with Gasteiger partial charge in [-0.15, -0.1) is 0 Å². The molecule has 1 aliphatic heterocycles. The van der Waals surface area contributed by atoms with Crippen LogP contribution < -0.4 is 5.32 Å². The number of hydrogen-bond acceptors (Lipinski definition) is 3. The number of aryl methyl sites for hydroxylation is 1. The standard InChI is InChI=1S/C17H29N3/c1-5-18-17(16-9-7-6-8-14(16)2)13-20-11-10-19(4)12-15(20)3/h6-9,15,17-18H,5,10-13H2,1-4H3. The zero-order valence-corrected chi connectivity index (χ0v) is 13.4. The van der Waals surface area contributed by atoms with Crippen molar-refractivity contribution >= 4 is 0 Å². The summed E-state index contributed by atoms with van der Waals surface area (Å²) in [6.45, 7) is 12.4. The van der Waals surface area contributed by atoms with Crippen molar-refractivity contribution in [3.05, 3.63) is 35.4 Å². The van der Waals surface area contributed by atoms with Crippen LogP contribution in [-0.4, -0.2) is 55.6 Å². The van der Waals surface area contributed by atoms with E-state index in [0.717, 1.165) is 13.1 Å². The van der Waals surface area contributed by atoms with Gasteiger partial charge in [-0.05, 0) is 38.6 Å². The van der Waals surface area contributed by atoms with Crippen LogP contribution in [0.5, 0.6) is 0 Å². The van der Waals surface area contributed by atoms with Gasteiger partial charge in [0.1, 0.15) is 0 Å². The fourth-order valence-corrected chi connectivity index (χ4v) is 3.18. The molecule has 1 aromatic rings. The third kappa shape index (κ3) is 3.81. The first kappa shape index (κ1) is 15.5. The molecule has 0 aromatic heterocycles. The van der Waals surface area contributed by atoms with Crippen molar-refractivity contribution < 1.29 is 0 Å². The summed E-state index contributed by atoms with van der Waals surface area (Å²) in [7, 11) is 2.22. The van der Waals surface area contributed by atoms with Crippen molar-refractivity contribution in [1.29, 1.82) is 0 Å². The van der Waals surface area contributed by atoms with Crippen molar-refractivity contribution in [3.63, 3.8) is 0 Å². The van der Waals surface area contributed by atoms with Gasteiger partial charge in [-0.25, -0.2) is 0 Å². The normalized spacial score (nSPS) is 22.9. The van der Waals surface area contributed by atoms with Gasteiger partial charge in [0.2, 0.25) is 0 Å². The lowest BCUT2D eigenvalue weighted by Gasteiger charge is -2.40. The van der Waals surface area contributed by atoms with E-state index in [1.807, 2.05) is 0 Å². The van der Waals surface area contributed by atoms with Crippen molar-refractivity contribution in [2.45, 2.75) is 32.9 Å². The van der Waals surface area contributed by atoms with Gasteiger partial charge in [-0.3, -0.25) is 4.90 Å². The predicted molar refractivity (Wildman–Crippen MR) is 86.1 cm³/mol. The largest absolute Gasteiger partial charge is 0.309 e. The van der Waals surface area contributed by atoms with Crippen LogP contribution in [-0.2, 0) is 0 Å². The monoisotopic (exact) mass is 275 g/mol. The van der Waals surface area contributed by atoms with E-state index in [0.29, 0.717) is 12.1 Å². The summed E-state index contributed by atoms with van der Waals surface area (Å²) in [5, 5.41) is 3.66. The molecule has 1 N–H and O–H groups in total. The van der Waals surface area contributed by atoms with E-state index in [1.54, 1.807) is 0 Å². The maximum absolute atomic E-state index is 3.66. The Morgan fingerprint density at radius 1 is 1.30 bits per heavy atom. The zero-order chi connectivity index (χ0) is 14.5. The Morgan fingerprint density at radius 3 is 2.70 bits per heavy atom. The van der Waals surface area contributed by atoms with Gasteiger partial charge in [-0.2, -0.15) is 0 Å². The highest BCUT2D eigenvalue weighted by Crippen LogP contribution is 2.20. The van der Waals surface area contributed by atoms with E-state index in [-0.39, 0.29) is 0 Å². The summed E-state index contributed by atoms with van der Waals surface area (Å²) < 4.78 is 0. The lowest BCUT2D eigenvalue weighted by molar-refractivity contribution is 0.0905. The van der Waals surface area contributed by atoms with E-state index in [1.165, 1.54) is 30.8 Å². The molecule has 0 bridgehead atoms. The highest BCUT2D eigenvalue weighted by Gasteiger charge is 2.24. The highest BCUT2D eigenvalue weighted by molar-refractivity contribution is 5.29. The zero-order valence-electron chi connectivity index (χ0n) is 13.4. The molecule has 2 rings (SSSR count). The Morgan fingerprint density at radius 2 is 2.05 bits per heavy atom. The first-order valence-corrected chi connectivity index (χ1v) is 7.83. The third-order valence-electron chi connectivity index (χ3n) is 4.40. The van der Waals surface area contributed by atoms with Gasteiger partial charge in [-0.1, -0.05) is 31.2 Å². The molecule has 0 amide bonds. The molecule has 1 saturated heterocycles. The summed E-state index contributed by atoms with van der Waals surface area (Å²) in [5.74, 6) is 0. The maximum Gasteiger partial charge on any atom is 0.0451 e. The second-order valence-corrected chi connectivity index (χ2v) is 6.07. The first-order valence-electron chi connectivity index (χ1n) is 7.83. The lowest BCUT2D eigenvalue weighted by atomic mass is 10.00. The van der Waals surface area contributed by atoms with Crippen LogP contribution in [0, 0.1) is 6.92 Å². The molecule has 0 aliphatic carbocycles. The van der Waals surface area contributed by atoms with E-state index in [2.05, 4.69) is 67.2 Å².